The van der Waals surface area contributed by atoms with Gasteiger partial charge < -0.3 is 20.1 Å². The normalized spacial score (nSPS) is 18.2. The molecule has 1 amide bonds. The second-order valence-corrected chi connectivity index (χ2v) is 5.09. The third-order valence-corrected chi connectivity index (χ3v) is 3.53. The number of methoxy groups -OCH3 is 1. The molecule has 1 heterocycles. The molecule has 1 fully saturated rings. The second-order valence-electron chi connectivity index (χ2n) is 5.09. The van der Waals surface area contributed by atoms with E-state index in [4.69, 9.17) is 15.2 Å². The summed E-state index contributed by atoms with van der Waals surface area (Å²) in [7, 11) is 1.70. The summed E-state index contributed by atoms with van der Waals surface area (Å²) in [6.07, 6.45) is 1.40. The van der Waals surface area contributed by atoms with Crippen molar-refractivity contribution < 1.29 is 14.3 Å². The number of likely N-dealkylation sites (tertiary alicyclic amines) is 1. The monoisotopic (exact) mass is 278 g/mol. The van der Waals surface area contributed by atoms with Crippen LogP contribution >= 0.6 is 0 Å². The molecule has 0 aromatic heterocycles. The maximum atomic E-state index is 12.0. The van der Waals surface area contributed by atoms with E-state index in [1.54, 1.807) is 13.2 Å². The zero-order chi connectivity index (χ0) is 14.4. The molecular weight excluding hydrogens is 256 g/mol. The molecule has 0 bridgehead atoms. The molecule has 1 aromatic rings. The van der Waals surface area contributed by atoms with Gasteiger partial charge in [-0.15, -0.1) is 0 Å². The van der Waals surface area contributed by atoms with Gasteiger partial charge in [0, 0.05) is 26.1 Å². The van der Waals surface area contributed by atoms with E-state index in [1.165, 1.54) is 0 Å². The number of para-hydroxylation sites is 2. The van der Waals surface area contributed by atoms with E-state index < -0.39 is 0 Å². The number of nitrogen functional groups attached to an aromatic ring is 1. The van der Waals surface area contributed by atoms with Crippen molar-refractivity contribution in [1.29, 1.82) is 0 Å². The van der Waals surface area contributed by atoms with E-state index in [0.29, 0.717) is 30.4 Å². The summed E-state index contributed by atoms with van der Waals surface area (Å²) in [6.45, 7) is 2.69. The van der Waals surface area contributed by atoms with Crippen molar-refractivity contribution in [1.82, 2.24) is 4.90 Å². The Balaban J connectivity index is 1.72. The number of carbonyl (C=O) groups is 1. The van der Waals surface area contributed by atoms with E-state index in [9.17, 15) is 4.79 Å². The highest BCUT2D eigenvalue weighted by atomic mass is 16.5. The Labute approximate surface area is 119 Å². The van der Waals surface area contributed by atoms with Crippen molar-refractivity contribution in [2.24, 2.45) is 5.92 Å². The van der Waals surface area contributed by atoms with Gasteiger partial charge in [0.05, 0.1) is 25.3 Å². The van der Waals surface area contributed by atoms with E-state index in [0.717, 1.165) is 26.1 Å². The van der Waals surface area contributed by atoms with Crippen molar-refractivity contribution in [3.8, 4) is 5.75 Å². The van der Waals surface area contributed by atoms with Gasteiger partial charge in [0.25, 0.3) is 0 Å². The van der Waals surface area contributed by atoms with Crippen LogP contribution in [0.4, 0.5) is 5.69 Å². The fraction of sp³-hybridized carbons (Fsp3) is 0.533. The molecule has 5 nitrogen and oxygen atoms in total. The van der Waals surface area contributed by atoms with Crippen LogP contribution in [0.15, 0.2) is 24.3 Å². The minimum atomic E-state index is 0.137. The van der Waals surface area contributed by atoms with Crippen molar-refractivity contribution in [2.75, 3.05) is 39.1 Å². The van der Waals surface area contributed by atoms with Gasteiger partial charge in [-0.2, -0.15) is 0 Å². The van der Waals surface area contributed by atoms with Gasteiger partial charge in [0.2, 0.25) is 5.91 Å². The quantitative estimate of drug-likeness (QED) is 0.802. The van der Waals surface area contributed by atoms with Crippen molar-refractivity contribution >= 4 is 11.6 Å². The van der Waals surface area contributed by atoms with Gasteiger partial charge in [0.1, 0.15) is 5.75 Å². The standard InChI is InChI=1S/C15H22N2O3/c1-19-11-12-6-8-17(10-12)15(18)7-9-20-14-5-3-2-4-13(14)16/h2-5,12H,6-11,16H2,1H3. The van der Waals surface area contributed by atoms with Crippen LogP contribution in [0.1, 0.15) is 12.8 Å². The molecule has 2 N–H and O–H groups in total. The fourth-order valence-electron chi connectivity index (χ4n) is 2.45. The number of amides is 1. The summed E-state index contributed by atoms with van der Waals surface area (Å²) in [5.74, 6) is 1.24. The van der Waals surface area contributed by atoms with Gasteiger partial charge in [-0.1, -0.05) is 12.1 Å². The summed E-state index contributed by atoms with van der Waals surface area (Å²) in [4.78, 5) is 13.9. The largest absolute Gasteiger partial charge is 0.491 e. The highest BCUT2D eigenvalue weighted by Gasteiger charge is 2.25. The number of hydrogen-bond acceptors (Lipinski definition) is 4. The third-order valence-electron chi connectivity index (χ3n) is 3.53. The van der Waals surface area contributed by atoms with E-state index >= 15 is 0 Å². The van der Waals surface area contributed by atoms with Crippen molar-refractivity contribution in [3.05, 3.63) is 24.3 Å². The Bertz CT molecular complexity index is 450. The van der Waals surface area contributed by atoms with Crippen LogP contribution in [-0.4, -0.2) is 44.2 Å². The molecule has 1 atom stereocenters. The Hall–Kier alpha value is -1.75. The smallest absolute Gasteiger partial charge is 0.226 e. The fourth-order valence-corrected chi connectivity index (χ4v) is 2.45. The van der Waals surface area contributed by atoms with Gasteiger partial charge in [-0.05, 0) is 18.6 Å². The highest BCUT2D eigenvalue weighted by molar-refractivity contribution is 5.76. The van der Waals surface area contributed by atoms with Gasteiger partial charge >= 0.3 is 0 Å². The van der Waals surface area contributed by atoms with Crippen LogP contribution in [0.25, 0.3) is 0 Å². The molecule has 0 saturated carbocycles. The molecule has 1 unspecified atom stereocenters. The molecule has 1 saturated heterocycles. The highest BCUT2D eigenvalue weighted by Crippen LogP contribution is 2.20. The van der Waals surface area contributed by atoms with Crippen LogP contribution in [0, 0.1) is 5.92 Å². The first kappa shape index (κ1) is 14.7. The van der Waals surface area contributed by atoms with E-state index in [-0.39, 0.29) is 5.91 Å². The third kappa shape index (κ3) is 3.87. The number of hydrogen-bond donors (Lipinski definition) is 1. The lowest BCUT2D eigenvalue weighted by Gasteiger charge is -2.17. The summed E-state index contributed by atoms with van der Waals surface area (Å²) in [6, 6.07) is 7.31. The first-order chi connectivity index (χ1) is 9.70. The molecule has 0 aliphatic carbocycles. The lowest BCUT2D eigenvalue weighted by molar-refractivity contribution is -0.130. The molecule has 0 radical (unpaired) electrons. The van der Waals surface area contributed by atoms with E-state index in [2.05, 4.69) is 0 Å². The first-order valence-electron chi connectivity index (χ1n) is 6.94. The molecule has 0 spiro atoms. The number of benzene rings is 1. The van der Waals surface area contributed by atoms with Crippen LogP contribution in [0.3, 0.4) is 0 Å². The van der Waals surface area contributed by atoms with E-state index in [1.807, 2.05) is 23.1 Å². The summed E-state index contributed by atoms with van der Waals surface area (Å²) in [5, 5.41) is 0. The number of rotatable bonds is 6. The second kappa shape index (κ2) is 7.14. The maximum absolute atomic E-state index is 12.0. The molecule has 1 aliphatic rings. The molecule has 20 heavy (non-hydrogen) atoms. The summed E-state index contributed by atoms with van der Waals surface area (Å²) in [5.41, 5.74) is 6.38. The zero-order valence-corrected chi connectivity index (χ0v) is 11.9. The average molecular weight is 278 g/mol. The molecular formula is C15H22N2O3. The van der Waals surface area contributed by atoms with Crippen LogP contribution in [-0.2, 0) is 9.53 Å². The predicted molar refractivity (Wildman–Crippen MR) is 77.5 cm³/mol. The van der Waals surface area contributed by atoms with Crippen molar-refractivity contribution in [2.45, 2.75) is 12.8 Å². The number of nitrogens with zero attached hydrogens (tertiary/aromatic N) is 1. The average Bonchev–Trinajstić information content (AvgIpc) is 2.90. The Morgan fingerprint density at radius 1 is 1.45 bits per heavy atom. The lowest BCUT2D eigenvalue weighted by Crippen LogP contribution is -2.30. The molecule has 1 aromatic carbocycles. The maximum Gasteiger partial charge on any atom is 0.226 e. The summed E-state index contributed by atoms with van der Waals surface area (Å²) >= 11 is 0. The lowest BCUT2D eigenvalue weighted by atomic mass is 10.1. The van der Waals surface area contributed by atoms with Crippen molar-refractivity contribution in [3.63, 3.8) is 0 Å². The first-order valence-corrected chi connectivity index (χ1v) is 6.94. The van der Waals surface area contributed by atoms with Crippen LogP contribution in [0.2, 0.25) is 0 Å². The minimum absolute atomic E-state index is 0.137. The van der Waals surface area contributed by atoms with Gasteiger partial charge in [0.15, 0.2) is 0 Å². The van der Waals surface area contributed by atoms with Crippen LogP contribution < -0.4 is 10.5 Å². The Morgan fingerprint density at radius 2 is 2.25 bits per heavy atom. The minimum Gasteiger partial charge on any atom is -0.491 e. The zero-order valence-electron chi connectivity index (χ0n) is 11.9. The number of carbonyl (C=O) groups excluding carboxylic acids is 1. The van der Waals surface area contributed by atoms with Crippen LogP contribution in [0.5, 0.6) is 5.75 Å². The summed E-state index contributed by atoms with van der Waals surface area (Å²) < 4.78 is 10.7. The molecule has 5 heteroatoms. The SMILES string of the molecule is COCC1CCN(C(=O)CCOc2ccccc2N)C1. The Morgan fingerprint density at radius 3 is 3.00 bits per heavy atom. The Kier molecular flexibility index (Phi) is 5.24. The molecule has 2 rings (SSSR count). The molecule has 110 valence electrons. The topological polar surface area (TPSA) is 64.8 Å². The number of nitrogens with two attached hydrogens (primary N) is 1. The number of ether oxygens (including phenoxy) is 2. The predicted octanol–water partition coefficient (Wildman–Crippen LogP) is 1.53. The van der Waals surface area contributed by atoms with Gasteiger partial charge in [-0.25, -0.2) is 0 Å². The molecule has 1 aliphatic heterocycles. The number of anilines is 1. The van der Waals surface area contributed by atoms with Gasteiger partial charge in [-0.3, -0.25) is 4.79 Å².